The van der Waals surface area contributed by atoms with E-state index in [1.165, 1.54) is 0 Å². The lowest BCUT2D eigenvalue weighted by molar-refractivity contribution is 0.235. The van der Waals surface area contributed by atoms with E-state index in [9.17, 15) is 0 Å². The summed E-state index contributed by atoms with van der Waals surface area (Å²) in [6, 6.07) is 11.2. The fourth-order valence-corrected chi connectivity index (χ4v) is 4.46. The molecule has 13 nitrogen and oxygen atoms in total. The van der Waals surface area contributed by atoms with E-state index in [4.69, 9.17) is 26.2 Å². The smallest absolute Gasteiger partial charge is 0.247 e. The molecule has 0 amide bonds. The van der Waals surface area contributed by atoms with Crippen LogP contribution in [-0.4, -0.2) is 52.1 Å². The van der Waals surface area contributed by atoms with E-state index in [-0.39, 0.29) is 24.1 Å². The van der Waals surface area contributed by atoms with Gasteiger partial charge in [-0.2, -0.15) is 36.5 Å². The average molecular weight is 594 g/mol. The first kappa shape index (κ1) is 29.0. The number of nitrogens with two attached hydrogens (primary N) is 2. The van der Waals surface area contributed by atoms with Crippen LogP contribution in [-0.2, 0) is 0 Å². The molecule has 0 bridgehead atoms. The predicted molar refractivity (Wildman–Crippen MR) is 164 cm³/mol. The Bertz CT molecular complexity index is 1920. The Hall–Kier alpha value is -5.55. The van der Waals surface area contributed by atoms with Gasteiger partial charge < -0.3 is 20.9 Å². The highest BCUT2D eigenvalue weighted by Gasteiger charge is 2.15. The van der Waals surface area contributed by atoms with Crippen molar-refractivity contribution >= 4 is 45.6 Å². The molecule has 0 fully saturated rings. The van der Waals surface area contributed by atoms with E-state index in [1.54, 1.807) is 35.9 Å². The summed E-state index contributed by atoms with van der Waals surface area (Å²) in [5.41, 5.74) is 17.0. The van der Waals surface area contributed by atoms with Crippen molar-refractivity contribution in [3.05, 3.63) is 59.0 Å². The Morgan fingerprint density at radius 1 is 0.698 bits per heavy atom. The molecular formula is C29H27N11O2S. The molecule has 0 aliphatic rings. The minimum Gasteiger partial charge on any atom is -0.473 e. The van der Waals surface area contributed by atoms with Crippen molar-refractivity contribution in [3.63, 3.8) is 0 Å². The fourth-order valence-electron chi connectivity index (χ4n) is 3.81. The predicted octanol–water partition coefficient (Wildman–Crippen LogP) is 4.85. The third kappa shape index (κ3) is 6.85. The topological polar surface area (TPSA) is 197 Å². The van der Waals surface area contributed by atoms with Crippen molar-refractivity contribution in [2.24, 2.45) is 0 Å². The van der Waals surface area contributed by atoms with Crippen LogP contribution in [0.3, 0.4) is 0 Å². The summed E-state index contributed by atoms with van der Waals surface area (Å²) in [6.45, 7) is 7.62. The van der Waals surface area contributed by atoms with Gasteiger partial charge >= 0.3 is 0 Å². The minimum absolute atomic E-state index is 0.0286. The highest BCUT2D eigenvalue weighted by Crippen LogP contribution is 2.27. The number of thiophene rings is 1. The second kappa shape index (κ2) is 12.5. The van der Waals surface area contributed by atoms with Crippen molar-refractivity contribution in [2.75, 3.05) is 11.5 Å². The molecule has 4 N–H and O–H groups in total. The molecule has 1 aromatic carbocycles. The molecule has 0 unspecified atom stereocenters. The van der Waals surface area contributed by atoms with Crippen LogP contribution in [0.5, 0.6) is 11.8 Å². The van der Waals surface area contributed by atoms with Gasteiger partial charge in [0.15, 0.2) is 22.3 Å². The van der Waals surface area contributed by atoms with Gasteiger partial charge in [-0.25, -0.2) is 19.9 Å². The normalized spacial score (nSPS) is 10.9. The molecule has 0 aliphatic heterocycles. The number of aromatic nitrogens is 8. The molecule has 5 heterocycles. The number of nitrogen functional groups attached to an aromatic ring is 2. The summed E-state index contributed by atoms with van der Waals surface area (Å²) >= 11 is 1.61. The van der Waals surface area contributed by atoms with E-state index < -0.39 is 0 Å². The average Bonchev–Trinajstić information content (AvgIpc) is 3.52. The zero-order valence-electron chi connectivity index (χ0n) is 23.8. The van der Waals surface area contributed by atoms with Crippen molar-refractivity contribution in [1.29, 1.82) is 5.26 Å². The zero-order valence-corrected chi connectivity index (χ0v) is 24.6. The van der Waals surface area contributed by atoms with Crippen molar-refractivity contribution in [3.8, 4) is 40.3 Å². The Morgan fingerprint density at radius 3 is 1.65 bits per heavy atom. The van der Waals surface area contributed by atoms with Crippen molar-refractivity contribution in [2.45, 2.75) is 39.9 Å². The number of fused-ring (bicyclic) bond motifs is 2. The number of hydrogen-bond donors (Lipinski definition) is 2. The van der Waals surface area contributed by atoms with Gasteiger partial charge in [0.05, 0.1) is 47.6 Å². The van der Waals surface area contributed by atoms with Gasteiger partial charge in [-0.1, -0.05) is 12.1 Å². The first-order chi connectivity index (χ1) is 20.7. The molecule has 14 heteroatoms. The molecule has 0 saturated heterocycles. The molecule has 0 saturated carbocycles. The van der Waals surface area contributed by atoms with Crippen LogP contribution < -0.4 is 20.9 Å². The maximum absolute atomic E-state index is 8.86. The number of anilines is 2. The summed E-state index contributed by atoms with van der Waals surface area (Å²) in [7, 11) is 0. The standard InChI is InChI=1S/C16H14N6O.C13H13N5OS/c1-9(2)23-15-13-14(21-16(18)22-15)19-8-12(20-13)11-5-3-10(7-17)4-6-11;1-7(2)19-12-10-11(17-13(14)18-12)15-5-9(16-10)8-3-4-20-6-8/h3-6,8-9H,1-2H3,(H2,18,19,21,22);3-7H,1-2H3,(H2,14,15,17,18). The van der Waals surface area contributed by atoms with Crippen LogP contribution in [0.4, 0.5) is 11.9 Å². The molecule has 0 spiro atoms. The molecule has 0 aliphatic carbocycles. The quantitative estimate of drug-likeness (QED) is 0.266. The Kier molecular flexibility index (Phi) is 8.44. The van der Waals surface area contributed by atoms with Gasteiger partial charge in [0.2, 0.25) is 23.7 Å². The number of hydrogen-bond acceptors (Lipinski definition) is 14. The van der Waals surface area contributed by atoms with Crippen LogP contribution in [0.15, 0.2) is 53.5 Å². The minimum atomic E-state index is -0.0760. The lowest BCUT2D eigenvalue weighted by atomic mass is 10.1. The summed E-state index contributed by atoms with van der Waals surface area (Å²) in [4.78, 5) is 34.1. The van der Waals surface area contributed by atoms with Gasteiger partial charge in [-0.05, 0) is 51.3 Å². The third-order valence-corrected chi connectivity index (χ3v) is 6.29. The number of rotatable bonds is 6. The van der Waals surface area contributed by atoms with Crippen LogP contribution in [0.1, 0.15) is 33.3 Å². The van der Waals surface area contributed by atoms with Crippen molar-refractivity contribution in [1.82, 2.24) is 39.9 Å². The molecular weight excluding hydrogens is 566 g/mol. The highest BCUT2D eigenvalue weighted by atomic mass is 32.1. The van der Waals surface area contributed by atoms with Crippen LogP contribution in [0, 0.1) is 11.3 Å². The van der Waals surface area contributed by atoms with Crippen LogP contribution in [0.2, 0.25) is 0 Å². The maximum Gasteiger partial charge on any atom is 0.247 e. The van der Waals surface area contributed by atoms with E-state index in [1.807, 2.05) is 56.7 Å². The van der Waals surface area contributed by atoms with E-state index in [2.05, 4.69) is 45.9 Å². The number of nitriles is 1. The largest absolute Gasteiger partial charge is 0.473 e. The van der Waals surface area contributed by atoms with E-state index >= 15 is 0 Å². The maximum atomic E-state index is 8.86. The monoisotopic (exact) mass is 593 g/mol. The molecule has 6 rings (SSSR count). The van der Waals surface area contributed by atoms with E-state index in [0.717, 1.165) is 16.8 Å². The highest BCUT2D eigenvalue weighted by molar-refractivity contribution is 7.08. The second-order valence-corrected chi connectivity index (χ2v) is 10.4. The lowest BCUT2D eigenvalue weighted by Gasteiger charge is -2.11. The van der Waals surface area contributed by atoms with Crippen LogP contribution >= 0.6 is 11.3 Å². The van der Waals surface area contributed by atoms with Gasteiger partial charge in [0.1, 0.15) is 0 Å². The summed E-state index contributed by atoms with van der Waals surface area (Å²) in [6.07, 6.45) is 3.18. The summed E-state index contributed by atoms with van der Waals surface area (Å²) in [5.74, 6) is 0.900. The van der Waals surface area contributed by atoms with Gasteiger partial charge in [-0.15, -0.1) is 0 Å². The molecule has 43 heavy (non-hydrogen) atoms. The van der Waals surface area contributed by atoms with Gasteiger partial charge in [0, 0.05) is 16.5 Å². The number of benzene rings is 1. The Morgan fingerprint density at radius 2 is 1.21 bits per heavy atom. The molecule has 216 valence electrons. The first-order valence-corrected chi connectivity index (χ1v) is 14.1. The Balaban J connectivity index is 0.000000173. The second-order valence-electron chi connectivity index (χ2n) is 9.66. The van der Waals surface area contributed by atoms with E-state index in [0.29, 0.717) is 45.3 Å². The fraction of sp³-hybridized carbons (Fsp3) is 0.207. The first-order valence-electron chi connectivity index (χ1n) is 13.2. The third-order valence-electron chi connectivity index (χ3n) is 5.61. The summed E-state index contributed by atoms with van der Waals surface area (Å²) < 4.78 is 11.3. The van der Waals surface area contributed by atoms with Crippen molar-refractivity contribution < 1.29 is 9.47 Å². The van der Waals surface area contributed by atoms with Crippen LogP contribution in [0.25, 0.3) is 44.8 Å². The molecule has 6 aromatic rings. The van der Waals surface area contributed by atoms with Gasteiger partial charge in [0.25, 0.3) is 0 Å². The molecule has 0 atom stereocenters. The molecule has 5 aromatic heterocycles. The lowest BCUT2D eigenvalue weighted by Crippen LogP contribution is -2.10. The number of ether oxygens (including phenoxy) is 2. The summed E-state index contributed by atoms with van der Waals surface area (Å²) in [5, 5.41) is 12.9. The number of nitrogens with zero attached hydrogens (tertiary/aromatic N) is 9. The molecule has 0 radical (unpaired) electrons. The van der Waals surface area contributed by atoms with Gasteiger partial charge in [-0.3, -0.25) is 0 Å². The Labute approximate surface area is 250 Å². The SMILES string of the molecule is CC(C)Oc1nc(N)nc2ncc(-c3ccc(C#N)cc3)nc12.CC(C)Oc1nc(N)nc2ncc(-c3ccsc3)nc12. The zero-order chi connectivity index (χ0) is 30.5.